The second-order valence-corrected chi connectivity index (χ2v) is 4.97. The van der Waals surface area contributed by atoms with Gasteiger partial charge in [-0.15, -0.1) is 0 Å². The second kappa shape index (κ2) is 6.88. The lowest BCUT2D eigenvalue weighted by molar-refractivity contribution is -0.136. The number of hydrogen-bond acceptors (Lipinski definition) is 4. The summed E-state index contributed by atoms with van der Waals surface area (Å²) in [4.78, 5) is 18.3. The second-order valence-electron chi connectivity index (χ2n) is 4.97. The molecule has 0 aromatic carbocycles. The van der Waals surface area contributed by atoms with E-state index in [9.17, 15) is 4.79 Å². The third kappa shape index (κ3) is 3.46. The summed E-state index contributed by atoms with van der Waals surface area (Å²) in [5.41, 5.74) is 5.59. The van der Waals surface area contributed by atoms with Gasteiger partial charge in [0.25, 0.3) is 0 Å². The predicted octanol–water partition coefficient (Wildman–Crippen LogP) is 1.25. The molecule has 3 N–H and O–H groups in total. The summed E-state index contributed by atoms with van der Waals surface area (Å²) in [5.74, 6) is -0.221. The number of amidine groups is 1. The number of likely N-dealkylation sites (N-methyl/N-ethyl adjacent to an activating group) is 1. The van der Waals surface area contributed by atoms with Gasteiger partial charge in [0.05, 0.1) is 0 Å². The Kier molecular flexibility index (Phi) is 5.49. The molecule has 6 heteroatoms. The Labute approximate surface area is 119 Å². The van der Waals surface area contributed by atoms with Crippen molar-refractivity contribution in [2.24, 2.45) is 16.3 Å². The van der Waals surface area contributed by atoms with E-state index in [-0.39, 0.29) is 11.7 Å². The number of pyridine rings is 1. The lowest BCUT2D eigenvalue weighted by atomic mass is 9.84. The molecule has 1 aromatic rings. The molecule has 110 valence electrons. The van der Waals surface area contributed by atoms with Gasteiger partial charge >= 0.3 is 0 Å². The molecule has 0 saturated heterocycles. The van der Waals surface area contributed by atoms with Crippen LogP contribution in [0.1, 0.15) is 26.0 Å². The highest BCUT2D eigenvalue weighted by Gasteiger charge is 2.38. The van der Waals surface area contributed by atoms with Crippen LogP contribution in [-0.4, -0.2) is 40.4 Å². The van der Waals surface area contributed by atoms with Gasteiger partial charge in [0.1, 0.15) is 5.41 Å². The minimum Gasteiger partial charge on any atom is -0.409 e. The SMILES string of the molecule is CCC(C)(C(=O)N(C)CCc1ccccn1)/C(N)=N/O. The summed E-state index contributed by atoms with van der Waals surface area (Å²) in [6.45, 7) is 4.05. The van der Waals surface area contributed by atoms with Gasteiger partial charge in [-0.05, 0) is 25.5 Å². The van der Waals surface area contributed by atoms with Crippen molar-refractivity contribution in [3.8, 4) is 0 Å². The number of nitrogens with zero attached hydrogens (tertiary/aromatic N) is 3. The number of nitrogens with two attached hydrogens (primary N) is 1. The Morgan fingerprint density at radius 3 is 2.75 bits per heavy atom. The average molecular weight is 278 g/mol. The van der Waals surface area contributed by atoms with E-state index in [1.54, 1.807) is 25.1 Å². The maximum Gasteiger partial charge on any atom is 0.235 e. The van der Waals surface area contributed by atoms with E-state index < -0.39 is 5.41 Å². The summed E-state index contributed by atoms with van der Waals surface area (Å²) in [6, 6.07) is 5.68. The summed E-state index contributed by atoms with van der Waals surface area (Å²) < 4.78 is 0. The Hall–Kier alpha value is -2.11. The molecule has 0 spiro atoms. The Morgan fingerprint density at radius 1 is 1.55 bits per heavy atom. The monoisotopic (exact) mass is 278 g/mol. The van der Waals surface area contributed by atoms with Crippen molar-refractivity contribution in [2.75, 3.05) is 13.6 Å². The molecule has 1 atom stereocenters. The first-order valence-corrected chi connectivity index (χ1v) is 6.59. The molecule has 0 fully saturated rings. The van der Waals surface area contributed by atoms with E-state index in [0.717, 1.165) is 5.69 Å². The van der Waals surface area contributed by atoms with Gasteiger partial charge in [-0.1, -0.05) is 18.1 Å². The molecule has 20 heavy (non-hydrogen) atoms. The molecule has 1 amide bonds. The quantitative estimate of drug-likeness (QED) is 0.354. The zero-order chi connectivity index (χ0) is 15.2. The molecule has 0 radical (unpaired) electrons. The van der Waals surface area contributed by atoms with Gasteiger partial charge in [0.2, 0.25) is 5.91 Å². The number of aromatic nitrogens is 1. The smallest absolute Gasteiger partial charge is 0.235 e. The van der Waals surface area contributed by atoms with E-state index in [2.05, 4.69) is 10.1 Å². The topological polar surface area (TPSA) is 91.8 Å². The number of oxime groups is 1. The number of rotatable bonds is 6. The predicted molar refractivity (Wildman–Crippen MR) is 77.4 cm³/mol. The molecule has 1 unspecified atom stereocenters. The highest BCUT2D eigenvalue weighted by atomic mass is 16.4. The van der Waals surface area contributed by atoms with E-state index in [4.69, 9.17) is 10.9 Å². The zero-order valence-electron chi connectivity index (χ0n) is 12.2. The van der Waals surface area contributed by atoms with Crippen molar-refractivity contribution in [1.82, 2.24) is 9.88 Å². The largest absolute Gasteiger partial charge is 0.409 e. The number of carbonyl (C=O) groups is 1. The fraction of sp³-hybridized carbons (Fsp3) is 0.500. The van der Waals surface area contributed by atoms with Crippen molar-refractivity contribution in [1.29, 1.82) is 0 Å². The fourth-order valence-electron chi connectivity index (χ4n) is 1.90. The van der Waals surface area contributed by atoms with E-state index in [1.165, 1.54) is 0 Å². The van der Waals surface area contributed by atoms with Crippen molar-refractivity contribution in [3.63, 3.8) is 0 Å². The van der Waals surface area contributed by atoms with Gasteiger partial charge in [0.15, 0.2) is 5.84 Å². The van der Waals surface area contributed by atoms with Crippen LogP contribution in [-0.2, 0) is 11.2 Å². The molecule has 0 saturated carbocycles. The molecule has 0 aliphatic heterocycles. The van der Waals surface area contributed by atoms with Crippen LogP contribution in [0.3, 0.4) is 0 Å². The third-order valence-corrected chi connectivity index (χ3v) is 3.63. The van der Waals surface area contributed by atoms with Crippen molar-refractivity contribution in [2.45, 2.75) is 26.7 Å². The highest BCUT2D eigenvalue weighted by Crippen LogP contribution is 2.24. The number of carbonyl (C=O) groups excluding carboxylic acids is 1. The molecule has 1 heterocycles. The minimum absolute atomic E-state index is 0.0605. The molecular weight excluding hydrogens is 256 g/mol. The fourth-order valence-corrected chi connectivity index (χ4v) is 1.90. The molecule has 0 bridgehead atoms. The number of hydrogen-bond donors (Lipinski definition) is 2. The lowest BCUT2D eigenvalue weighted by Gasteiger charge is -2.30. The van der Waals surface area contributed by atoms with E-state index in [1.807, 2.05) is 25.1 Å². The standard InChI is InChI=1S/C14H22N4O2/c1-4-14(2,12(15)17-20)13(19)18(3)10-8-11-7-5-6-9-16-11/h5-7,9,20H,4,8,10H2,1-3H3,(H2,15,17). The van der Waals surface area contributed by atoms with Crippen LogP contribution in [0.25, 0.3) is 0 Å². The van der Waals surface area contributed by atoms with E-state index in [0.29, 0.717) is 19.4 Å². The van der Waals surface area contributed by atoms with Crippen LogP contribution in [0.4, 0.5) is 0 Å². The van der Waals surface area contributed by atoms with Crippen LogP contribution in [0.2, 0.25) is 0 Å². The first kappa shape index (κ1) is 15.9. The molecule has 0 aliphatic rings. The number of amides is 1. The lowest BCUT2D eigenvalue weighted by Crippen LogP contribution is -2.48. The Bertz CT molecular complexity index is 475. The Balaban J connectivity index is 2.71. The highest BCUT2D eigenvalue weighted by molar-refractivity contribution is 6.06. The average Bonchev–Trinajstić information content (AvgIpc) is 2.51. The summed E-state index contributed by atoms with van der Waals surface area (Å²) in [5, 5.41) is 11.8. The maximum absolute atomic E-state index is 12.5. The summed E-state index contributed by atoms with van der Waals surface area (Å²) in [6.07, 6.45) is 2.86. The van der Waals surface area contributed by atoms with Crippen LogP contribution < -0.4 is 5.73 Å². The summed E-state index contributed by atoms with van der Waals surface area (Å²) in [7, 11) is 1.71. The van der Waals surface area contributed by atoms with Crippen LogP contribution >= 0.6 is 0 Å². The molecule has 0 aliphatic carbocycles. The van der Waals surface area contributed by atoms with Gasteiger partial charge in [-0.2, -0.15) is 0 Å². The van der Waals surface area contributed by atoms with Crippen LogP contribution in [0.15, 0.2) is 29.6 Å². The minimum atomic E-state index is -0.979. The van der Waals surface area contributed by atoms with Gasteiger partial charge in [-0.3, -0.25) is 9.78 Å². The maximum atomic E-state index is 12.5. The first-order valence-electron chi connectivity index (χ1n) is 6.59. The van der Waals surface area contributed by atoms with Crippen molar-refractivity contribution >= 4 is 11.7 Å². The zero-order valence-corrected chi connectivity index (χ0v) is 12.2. The van der Waals surface area contributed by atoms with Gasteiger partial charge in [-0.25, -0.2) is 0 Å². The normalized spacial score (nSPS) is 14.7. The van der Waals surface area contributed by atoms with Crippen LogP contribution in [0, 0.1) is 5.41 Å². The summed E-state index contributed by atoms with van der Waals surface area (Å²) >= 11 is 0. The Morgan fingerprint density at radius 2 is 2.25 bits per heavy atom. The van der Waals surface area contributed by atoms with Gasteiger partial charge < -0.3 is 15.8 Å². The molecule has 1 rings (SSSR count). The third-order valence-electron chi connectivity index (χ3n) is 3.63. The van der Waals surface area contributed by atoms with Crippen LogP contribution in [0.5, 0.6) is 0 Å². The van der Waals surface area contributed by atoms with Crippen molar-refractivity contribution < 1.29 is 10.0 Å². The molecule has 6 nitrogen and oxygen atoms in total. The molecule has 1 aromatic heterocycles. The molecular formula is C14H22N4O2. The van der Waals surface area contributed by atoms with Gasteiger partial charge in [0, 0.05) is 31.9 Å². The first-order chi connectivity index (χ1) is 9.45. The van der Waals surface area contributed by atoms with Crippen molar-refractivity contribution in [3.05, 3.63) is 30.1 Å². The van der Waals surface area contributed by atoms with E-state index >= 15 is 0 Å².